The Bertz CT molecular complexity index is 2260. The summed E-state index contributed by atoms with van der Waals surface area (Å²) in [6.07, 6.45) is 2.89. The van der Waals surface area contributed by atoms with Crippen LogP contribution in [0.25, 0.3) is 44.4 Å². The Balaban J connectivity index is 1.41. The van der Waals surface area contributed by atoms with Gasteiger partial charge in [0.05, 0.1) is 15.8 Å². The molecule has 6 aromatic rings. The van der Waals surface area contributed by atoms with Gasteiger partial charge >= 0.3 is 0 Å². The molecule has 0 bridgehead atoms. The maximum absolute atomic E-state index is 14.9. The summed E-state index contributed by atoms with van der Waals surface area (Å²) in [5, 5.41) is 4.92. The van der Waals surface area contributed by atoms with E-state index in [1.165, 1.54) is 53.5 Å². The number of halogens is 2. The molecule has 1 saturated carbocycles. The highest BCUT2D eigenvalue weighted by Crippen LogP contribution is 2.37. The molecule has 222 valence electrons. The quantitative estimate of drug-likeness (QED) is 0.250. The molecule has 0 amide bonds. The summed E-state index contributed by atoms with van der Waals surface area (Å²) in [5.74, 6) is -1.13. The van der Waals surface area contributed by atoms with Crippen LogP contribution in [-0.2, 0) is 10.0 Å². The highest BCUT2D eigenvalue weighted by molar-refractivity contribution is 7.89. The SMILES string of the molecule is CC(c1oc2cccc(F)c2c(=O)c1-c1cccc(F)c1)n1nc(-c2ccc(S(=O)(=O)NC3CC3)cc2)c2c(N)ncnc21. The molecule has 7 rings (SSSR count). The van der Waals surface area contributed by atoms with E-state index < -0.39 is 33.1 Å². The van der Waals surface area contributed by atoms with Crippen LogP contribution in [0, 0.1) is 11.6 Å². The van der Waals surface area contributed by atoms with Gasteiger partial charge in [0, 0.05) is 11.6 Å². The maximum atomic E-state index is 14.9. The van der Waals surface area contributed by atoms with Gasteiger partial charge in [0.25, 0.3) is 0 Å². The lowest BCUT2D eigenvalue weighted by Gasteiger charge is -2.17. The molecular formula is C31H24F2N6O4S. The molecule has 0 saturated heterocycles. The first-order chi connectivity index (χ1) is 21.1. The minimum absolute atomic E-state index is 0.0134. The fraction of sp³-hybridized carbons (Fsp3) is 0.161. The average molecular weight is 615 g/mol. The molecule has 3 N–H and O–H groups in total. The number of nitrogen functional groups attached to an aromatic ring is 1. The molecule has 3 aromatic carbocycles. The fourth-order valence-electron chi connectivity index (χ4n) is 5.29. The zero-order valence-electron chi connectivity index (χ0n) is 23.2. The lowest BCUT2D eigenvalue weighted by Crippen LogP contribution is -2.25. The number of hydrogen-bond acceptors (Lipinski definition) is 8. The normalized spacial score (nSPS) is 14.3. The predicted octanol–water partition coefficient (Wildman–Crippen LogP) is 5.18. The van der Waals surface area contributed by atoms with Gasteiger partial charge in [-0.3, -0.25) is 4.79 Å². The van der Waals surface area contributed by atoms with Crippen LogP contribution in [0.1, 0.15) is 31.6 Å². The minimum atomic E-state index is -3.67. The third kappa shape index (κ3) is 4.70. The minimum Gasteiger partial charge on any atom is -0.458 e. The Morgan fingerprint density at radius 1 is 1.00 bits per heavy atom. The second-order valence-corrected chi connectivity index (χ2v) is 12.4. The molecule has 1 aliphatic rings. The molecule has 10 nitrogen and oxygen atoms in total. The molecule has 44 heavy (non-hydrogen) atoms. The topological polar surface area (TPSA) is 146 Å². The Morgan fingerprint density at radius 2 is 1.75 bits per heavy atom. The number of benzene rings is 3. The summed E-state index contributed by atoms with van der Waals surface area (Å²) in [6.45, 7) is 1.71. The lowest BCUT2D eigenvalue weighted by atomic mass is 9.99. The van der Waals surface area contributed by atoms with E-state index in [4.69, 9.17) is 15.2 Å². The molecule has 0 radical (unpaired) electrons. The van der Waals surface area contributed by atoms with Crippen molar-refractivity contribution in [3.8, 4) is 22.4 Å². The van der Waals surface area contributed by atoms with Crippen molar-refractivity contribution in [1.29, 1.82) is 0 Å². The van der Waals surface area contributed by atoms with Gasteiger partial charge in [0.2, 0.25) is 15.5 Å². The summed E-state index contributed by atoms with van der Waals surface area (Å²) in [7, 11) is -3.67. The highest BCUT2D eigenvalue weighted by atomic mass is 32.2. The molecule has 3 heterocycles. The van der Waals surface area contributed by atoms with E-state index in [-0.39, 0.29) is 44.6 Å². The van der Waals surface area contributed by atoms with Crippen molar-refractivity contribution in [3.63, 3.8) is 0 Å². The average Bonchev–Trinajstić information content (AvgIpc) is 3.72. The molecule has 0 spiro atoms. The number of nitrogens with two attached hydrogens (primary N) is 1. The smallest absolute Gasteiger partial charge is 0.240 e. The van der Waals surface area contributed by atoms with Crippen LogP contribution in [0.2, 0.25) is 0 Å². The zero-order chi connectivity index (χ0) is 30.7. The molecule has 0 aliphatic heterocycles. The maximum Gasteiger partial charge on any atom is 0.240 e. The second-order valence-electron chi connectivity index (χ2n) is 10.6. The van der Waals surface area contributed by atoms with Gasteiger partial charge in [0.15, 0.2) is 5.65 Å². The van der Waals surface area contributed by atoms with Crippen molar-refractivity contribution >= 4 is 37.8 Å². The van der Waals surface area contributed by atoms with Crippen LogP contribution >= 0.6 is 0 Å². The Hall–Kier alpha value is -5.01. The molecule has 3 aromatic heterocycles. The van der Waals surface area contributed by atoms with Crippen molar-refractivity contribution in [3.05, 3.63) is 101 Å². The van der Waals surface area contributed by atoms with Gasteiger partial charge in [-0.1, -0.05) is 30.3 Å². The van der Waals surface area contributed by atoms with Gasteiger partial charge in [-0.05, 0) is 61.7 Å². The van der Waals surface area contributed by atoms with E-state index in [1.54, 1.807) is 25.1 Å². The van der Waals surface area contributed by atoms with E-state index in [1.807, 2.05) is 0 Å². The van der Waals surface area contributed by atoms with Gasteiger partial charge in [-0.15, -0.1) is 0 Å². The number of sulfonamides is 1. The first-order valence-electron chi connectivity index (χ1n) is 13.7. The van der Waals surface area contributed by atoms with Crippen molar-refractivity contribution < 1.29 is 21.6 Å². The standard InChI is InChI=1S/C31H24F2N6O4S/c1-16(29-24(18-4-2-5-19(32)14-18)28(40)25-22(33)6-3-7-23(25)43-29)39-31-26(30(34)35-15-36-31)27(37-39)17-8-12-21(13-9-17)44(41,42)38-20-10-11-20/h2-9,12-16,20,38H,10-11H2,1H3,(H2,34,35,36). The van der Waals surface area contributed by atoms with Crippen molar-refractivity contribution in [2.75, 3.05) is 5.73 Å². The number of nitrogens with zero attached hydrogens (tertiary/aromatic N) is 4. The third-order valence-corrected chi connectivity index (χ3v) is 9.15. The Labute approximate surface area is 249 Å². The summed E-state index contributed by atoms with van der Waals surface area (Å²) in [4.78, 5) is 22.4. The first-order valence-corrected chi connectivity index (χ1v) is 15.2. The van der Waals surface area contributed by atoms with Gasteiger partial charge in [-0.2, -0.15) is 5.10 Å². The van der Waals surface area contributed by atoms with Gasteiger partial charge < -0.3 is 10.2 Å². The molecule has 1 fully saturated rings. The Morgan fingerprint density at radius 3 is 2.48 bits per heavy atom. The van der Waals surface area contributed by atoms with E-state index in [0.29, 0.717) is 22.3 Å². The number of aromatic nitrogens is 4. The van der Waals surface area contributed by atoms with Crippen LogP contribution in [0.5, 0.6) is 0 Å². The van der Waals surface area contributed by atoms with Gasteiger partial charge in [0.1, 0.15) is 52.2 Å². The van der Waals surface area contributed by atoms with E-state index in [0.717, 1.165) is 18.9 Å². The molecule has 13 heteroatoms. The number of fused-ring (bicyclic) bond motifs is 2. The second kappa shape index (κ2) is 10.3. The number of hydrogen-bond donors (Lipinski definition) is 2. The Kier molecular flexibility index (Phi) is 6.52. The van der Waals surface area contributed by atoms with Crippen LogP contribution in [-0.4, -0.2) is 34.2 Å². The number of nitrogens with one attached hydrogen (secondary N) is 1. The summed E-state index contributed by atoms with van der Waals surface area (Å²) in [6, 6.07) is 14.8. The van der Waals surface area contributed by atoms with E-state index >= 15 is 0 Å². The van der Waals surface area contributed by atoms with Crippen LogP contribution in [0.15, 0.2) is 87.2 Å². The highest BCUT2D eigenvalue weighted by Gasteiger charge is 2.29. The van der Waals surface area contributed by atoms with Crippen LogP contribution in [0.4, 0.5) is 14.6 Å². The molecule has 1 unspecified atom stereocenters. The van der Waals surface area contributed by atoms with Gasteiger partial charge in [-0.25, -0.2) is 36.6 Å². The fourth-order valence-corrected chi connectivity index (χ4v) is 6.59. The van der Waals surface area contributed by atoms with Crippen molar-refractivity contribution in [1.82, 2.24) is 24.5 Å². The summed E-state index contributed by atoms with van der Waals surface area (Å²) < 4.78 is 64.9. The molecule has 1 atom stereocenters. The first kappa shape index (κ1) is 27.8. The molecule has 1 aliphatic carbocycles. The monoisotopic (exact) mass is 614 g/mol. The van der Waals surface area contributed by atoms with E-state index in [9.17, 15) is 22.0 Å². The lowest BCUT2D eigenvalue weighted by molar-refractivity contribution is 0.445. The third-order valence-electron chi connectivity index (χ3n) is 7.61. The van der Waals surface area contributed by atoms with Crippen molar-refractivity contribution in [2.45, 2.75) is 36.7 Å². The molecular weight excluding hydrogens is 590 g/mol. The summed E-state index contributed by atoms with van der Waals surface area (Å²) >= 11 is 0. The van der Waals surface area contributed by atoms with Crippen molar-refractivity contribution in [2.24, 2.45) is 0 Å². The van der Waals surface area contributed by atoms with Crippen LogP contribution < -0.4 is 15.9 Å². The number of anilines is 1. The largest absolute Gasteiger partial charge is 0.458 e. The zero-order valence-corrected chi connectivity index (χ0v) is 24.0. The predicted molar refractivity (Wildman–Crippen MR) is 160 cm³/mol. The van der Waals surface area contributed by atoms with E-state index in [2.05, 4.69) is 14.7 Å². The van der Waals surface area contributed by atoms with Crippen LogP contribution in [0.3, 0.4) is 0 Å². The summed E-state index contributed by atoms with van der Waals surface area (Å²) in [5.41, 5.74) is 7.03. The number of rotatable bonds is 7.